The van der Waals surface area contributed by atoms with Crippen molar-refractivity contribution in [2.45, 2.75) is 82.2 Å². The van der Waals surface area contributed by atoms with Crippen molar-refractivity contribution < 1.29 is 48.6 Å². The summed E-state index contributed by atoms with van der Waals surface area (Å²) in [4.78, 5) is 105. The first kappa shape index (κ1) is 39.3. The molecule has 1 aromatic carbocycles. The highest BCUT2D eigenvalue weighted by Gasteiger charge is 2.31. The van der Waals surface area contributed by atoms with Crippen LogP contribution in [-0.2, 0) is 51.2 Å². The molecule has 0 saturated heterocycles. The number of carbonyl (C=O) groups excluding carboxylic acids is 6. The highest BCUT2D eigenvalue weighted by molar-refractivity contribution is 5.96. The number of rotatable bonds is 20. The van der Waals surface area contributed by atoms with E-state index >= 15 is 0 Å². The number of aromatic nitrogens is 2. The van der Waals surface area contributed by atoms with Crippen LogP contribution in [0.3, 0.4) is 0 Å². The number of nitrogens with two attached hydrogens (primary N) is 2. The van der Waals surface area contributed by atoms with Gasteiger partial charge in [0, 0.05) is 25.5 Å². The molecule has 2 rings (SSSR count). The predicted octanol–water partition coefficient (Wildman–Crippen LogP) is -3.19. The van der Waals surface area contributed by atoms with Gasteiger partial charge in [-0.25, -0.2) is 9.78 Å². The Balaban J connectivity index is 2.09. The van der Waals surface area contributed by atoms with Gasteiger partial charge in [0.05, 0.1) is 24.5 Å². The summed E-state index contributed by atoms with van der Waals surface area (Å²) < 4.78 is 0. The number of nitrogens with zero attached hydrogens (tertiary/aromatic N) is 1. The first-order chi connectivity index (χ1) is 23.1. The SMILES string of the molecule is C[C@H](NC(=O)[C@H](C)NC(=O)[C@H](Cc1c[nH]cn1)NC(=O)[C@@H](N)CC(=O)O)C(=O)N[C@@H](Cc1ccccc1)C(=O)N[C@@H](CCC(N)=O)C(=O)O. The first-order valence-electron chi connectivity index (χ1n) is 15.1. The van der Waals surface area contributed by atoms with Crippen LogP contribution in [0, 0.1) is 0 Å². The van der Waals surface area contributed by atoms with Crippen LogP contribution >= 0.6 is 0 Å². The Morgan fingerprint density at radius 2 is 1.29 bits per heavy atom. The minimum atomic E-state index is -1.47. The van der Waals surface area contributed by atoms with Gasteiger partial charge in [0.1, 0.15) is 30.2 Å². The summed E-state index contributed by atoms with van der Waals surface area (Å²) in [5, 5.41) is 30.4. The van der Waals surface area contributed by atoms with Crippen LogP contribution in [-0.4, -0.2) is 104 Å². The summed E-state index contributed by atoms with van der Waals surface area (Å²) in [6.45, 7) is 2.63. The van der Waals surface area contributed by atoms with E-state index in [9.17, 15) is 43.5 Å². The third-order valence-electron chi connectivity index (χ3n) is 7.05. The Bertz CT molecular complexity index is 1490. The Hall–Kier alpha value is -5.85. The number of amides is 6. The molecule has 0 radical (unpaired) electrons. The molecule has 1 heterocycles. The molecular weight excluding hydrogens is 646 g/mol. The molecule has 19 nitrogen and oxygen atoms in total. The van der Waals surface area contributed by atoms with Crippen molar-refractivity contribution in [1.82, 2.24) is 36.6 Å². The number of hydrogen-bond acceptors (Lipinski definition) is 10. The number of carboxylic acids is 2. The molecule has 0 unspecified atom stereocenters. The maximum absolute atomic E-state index is 13.2. The highest BCUT2D eigenvalue weighted by atomic mass is 16.4. The lowest BCUT2D eigenvalue weighted by Gasteiger charge is -2.25. The lowest BCUT2D eigenvalue weighted by Crippen LogP contribution is -2.58. The standard InChI is InChI=1S/C30H41N9O10/c1-15(36-28(46)22(11-18-13-33-14-34-18)39-27(45)19(31)12-24(41)42)25(43)35-16(2)26(44)38-21(10-17-6-4-3-5-7-17)29(47)37-20(30(48)49)8-9-23(32)40/h3-7,13-16,19-22H,8-12,31H2,1-2H3,(H2,32,40)(H,33,34)(H,35,43)(H,36,46)(H,37,47)(H,38,44)(H,39,45)(H,41,42)(H,48,49)/t15-,16-,19-,20-,21-,22-/m0/s1. The van der Waals surface area contributed by atoms with Gasteiger partial charge >= 0.3 is 11.9 Å². The number of primary amides is 1. The van der Waals surface area contributed by atoms with Crippen LogP contribution in [0.25, 0.3) is 0 Å². The maximum atomic E-state index is 13.2. The molecule has 2 aromatic rings. The summed E-state index contributed by atoms with van der Waals surface area (Å²) in [6.07, 6.45) is 1.35. The summed E-state index contributed by atoms with van der Waals surface area (Å²) >= 11 is 0. The third kappa shape index (κ3) is 13.8. The number of aliphatic carboxylic acids is 2. The third-order valence-corrected chi connectivity index (χ3v) is 7.05. The smallest absolute Gasteiger partial charge is 0.326 e. The van der Waals surface area contributed by atoms with Crippen molar-refractivity contribution in [2.24, 2.45) is 11.5 Å². The summed E-state index contributed by atoms with van der Waals surface area (Å²) in [5.74, 6) is -7.74. The molecule has 0 bridgehead atoms. The van der Waals surface area contributed by atoms with Gasteiger partial charge in [-0.2, -0.15) is 0 Å². The molecule has 12 N–H and O–H groups in total. The van der Waals surface area contributed by atoms with E-state index in [-0.39, 0.29) is 25.7 Å². The molecule has 49 heavy (non-hydrogen) atoms. The van der Waals surface area contributed by atoms with Crippen molar-refractivity contribution in [3.8, 4) is 0 Å². The van der Waals surface area contributed by atoms with Crippen molar-refractivity contribution in [2.75, 3.05) is 0 Å². The number of aromatic amines is 1. The number of nitrogens with one attached hydrogen (secondary N) is 6. The molecule has 0 aliphatic heterocycles. The molecule has 6 amide bonds. The van der Waals surface area contributed by atoms with E-state index in [0.717, 1.165) is 0 Å². The van der Waals surface area contributed by atoms with Crippen LogP contribution < -0.4 is 38.1 Å². The molecule has 266 valence electrons. The van der Waals surface area contributed by atoms with E-state index in [1.54, 1.807) is 30.3 Å². The molecular formula is C30H41N9O10. The largest absolute Gasteiger partial charge is 0.481 e. The zero-order valence-corrected chi connectivity index (χ0v) is 26.8. The zero-order valence-electron chi connectivity index (χ0n) is 26.8. The second kappa shape index (κ2) is 19.1. The van der Waals surface area contributed by atoms with Gasteiger partial charge in [-0.05, 0) is 25.8 Å². The van der Waals surface area contributed by atoms with Gasteiger partial charge in [0.2, 0.25) is 35.4 Å². The van der Waals surface area contributed by atoms with Gasteiger partial charge in [0.15, 0.2) is 0 Å². The minimum Gasteiger partial charge on any atom is -0.481 e. The Morgan fingerprint density at radius 1 is 0.755 bits per heavy atom. The average Bonchev–Trinajstić information content (AvgIpc) is 3.55. The second-order valence-corrected chi connectivity index (χ2v) is 11.1. The lowest BCUT2D eigenvalue weighted by atomic mass is 10.0. The average molecular weight is 688 g/mol. The molecule has 0 saturated carbocycles. The topological polar surface area (TPSA) is 318 Å². The van der Waals surface area contributed by atoms with Crippen LogP contribution in [0.15, 0.2) is 42.9 Å². The van der Waals surface area contributed by atoms with Crippen molar-refractivity contribution in [1.29, 1.82) is 0 Å². The predicted molar refractivity (Wildman–Crippen MR) is 170 cm³/mol. The summed E-state index contributed by atoms with van der Waals surface area (Å²) in [5.41, 5.74) is 11.7. The number of carboxylic acid groups (broad SMARTS) is 2. The van der Waals surface area contributed by atoms with Crippen molar-refractivity contribution >= 4 is 47.4 Å². The Kier molecular flexibility index (Phi) is 15.3. The fraction of sp³-hybridized carbons (Fsp3) is 0.433. The number of hydrogen-bond donors (Lipinski definition) is 10. The fourth-order valence-corrected chi connectivity index (χ4v) is 4.34. The Labute approximate surface area is 280 Å². The molecule has 6 atom stereocenters. The molecule has 0 spiro atoms. The number of imidazole rings is 1. The fourth-order valence-electron chi connectivity index (χ4n) is 4.34. The summed E-state index contributed by atoms with van der Waals surface area (Å²) in [6, 6.07) is 0.492. The van der Waals surface area contributed by atoms with Crippen molar-refractivity contribution in [3.05, 3.63) is 54.1 Å². The summed E-state index contributed by atoms with van der Waals surface area (Å²) in [7, 11) is 0. The lowest BCUT2D eigenvalue weighted by molar-refractivity contribution is -0.142. The van der Waals surface area contributed by atoms with E-state index in [0.29, 0.717) is 11.3 Å². The van der Waals surface area contributed by atoms with Gasteiger partial charge < -0.3 is 53.2 Å². The normalized spacial score (nSPS) is 14.4. The number of carbonyl (C=O) groups is 8. The van der Waals surface area contributed by atoms with E-state index in [1.165, 1.54) is 26.4 Å². The van der Waals surface area contributed by atoms with E-state index in [4.69, 9.17) is 16.6 Å². The van der Waals surface area contributed by atoms with Crippen LogP contribution in [0.5, 0.6) is 0 Å². The Morgan fingerprint density at radius 3 is 1.84 bits per heavy atom. The molecule has 0 fully saturated rings. The van der Waals surface area contributed by atoms with Gasteiger partial charge in [-0.1, -0.05) is 30.3 Å². The van der Waals surface area contributed by atoms with Crippen LogP contribution in [0.4, 0.5) is 0 Å². The molecule has 19 heteroatoms. The quantitative estimate of drug-likeness (QED) is 0.0658. The molecule has 0 aliphatic carbocycles. The van der Waals surface area contributed by atoms with Gasteiger partial charge in [0.25, 0.3) is 0 Å². The monoisotopic (exact) mass is 687 g/mol. The minimum absolute atomic E-state index is 0.0487. The van der Waals surface area contributed by atoms with Gasteiger partial charge in [-0.3, -0.25) is 33.6 Å². The number of benzene rings is 1. The van der Waals surface area contributed by atoms with E-state index < -0.39 is 90.1 Å². The van der Waals surface area contributed by atoms with Crippen molar-refractivity contribution in [3.63, 3.8) is 0 Å². The van der Waals surface area contributed by atoms with Gasteiger partial charge in [-0.15, -0.1) is 0 Å². The molecule has 1 aromatic heterocycles. The first-order valence-corrected chi connectivity index (χ1v) is 15.1. The van der Waals surface area contributed by atoms with Crippen LogP contribution in [0.2, 0.25) is 0 Å². The number of H-pyrrole nitrogens is 1. The zero-order chi connectivity index (χ0) is 36.7. The van der Waals surface area contributed by atoms with E-state index in [2.05, 4.69) is 36.6 Å². The van der Waals surface area contributed by atoms with E-state index in [1.807, 2.05) is 0 Å². The molecule has 0 aliphatic rings. The van der Waals surface area contributed by atoms with Crippen LogP contribution in [0.1, 0.15) is 44.4 Å². The highest BCUT2D eigenvalue weighted by Crippen LogP contribution is 2.07. The second-order valence-electron chi connectivity index (χ2n) is 11.1. The maximum Gasteiger partial charge on any atom is 0.326 e.